The zero-order chi connectivity index (χ0) is 17.4. The van der Waals surface area contributed by atoms with Crippen molar-refractivity contribution in [1.82, 2.24) is 4.90 Å². The highest BCUT2D eigenvalue weighted by atomic mass is 16.5. The molecule has 0 aliphatic carbocycles. The number of furan rings is 1. The molecule has 1 aromatic heterocycles. The average Bonchev–Trinajstić information content (AvgIpc) is 3.16. The minimum Gasteiger partial charge on any atom is -0.507 e. The van der Waals surface area contributed by atoms with Gasteiger partial charge in [0.15, 0.2) is 5.76 Å². The van der Waals surface area contributed by atoms with Gasteiger partial charge in [0.1, 0.15) is 23.0 Å². The molecule has 2 aliphatic heterocycles. The van der Waals surface area contributed by atoms with Crippen LogP contribution in [0.2, 0.25) is 0 Å². The van der Waals surface area contributed by atoms with Crippen molar-refractivity contribution < 1.29 is 19.1 Å². The molecule has 1 aromatic carbocycles. The first-order valence-electron chi connectivity index (χ1n) is 8.70. The summed E-state index contributed by atoms with van der Waals surface area (Å²) in [7, 11) is 0. The first-order chi connectivity index (χ1) is 12.1. The van der Waals surface area contributed by atoms with Crippen molar-refractivity contribution in [2.75, 3.05) is 13.1 Å². The molecular weight excluding hydrogens is 318 g/mol. The van der Waals surface area contributed by atoms with Crippen molar-refractivity contribution in [3.8, 4) is 11.5 Å². The van der Waals surface area contributed by atoms with Crippen LogP contribution in [0.3, 0.4) is 0 Å². The molecule has 0 spiro atoms. The second-order valence-corrected chi connectivity index (χ2v) is 6.66. The van der Waals surface area contributed by atoms with E-state index in [1.54, 1.807) is 24.3 Å². The number of carbonyl (C=O) groups excluding carboxylic acids is 1. The van der Waals surface area contributed by atoms with Crippen LogP contribution in [0.5, 0.6) is 11.5 Å². The summed E-state index contributed by atoms with van der Waals surface area (Å²) < 4.78 is 11.4. The number of aromatic hydroxyl groups is 1. The lowest BCUT2D eigenvalue weighted by atomic mass is 10.0. The van der Waals surface area contributed by atoms with Gasteiger partial charge in [-0.2, -0.15) is 0 Å². The maximum atomic E-state index is 12.6. The molecule has 1 N–H and O–H groups in total. The third-order valence-corrected chi connectivity index (χ3v) is 4.78. The van der Waals surface area contributed by atoms with E-state index in [-0.39, 0.29) is 17.3 Å². The fraction of sp³-hybridized carbons (Fsp3) is 0.350. The molecule has 5 nitrogen and oxygen atoms in total. The van der Waals surface area contributed by atoms with Gasteiger partial charge in [-0.15, -0.1) is 0 Å². The molecule has 0 unspecified atom stereocenters. The number of nitrogens with zero attached hydrogens (tertiary/aromatic N) is 1. The van der Waals surface area contributed by atoms with Gasteiger partial charge in [-0.05, 0) is 57.1 Å². The second kappa shape index (κ2) is 6.41. The molecule has 1 fully saturated rings. The van der Waals surface area contributed by atoms with Crippen LogP contribution in [0, 0.1) is 6.92 Å². The van der Waals surface area contributed by atoms with Crippen molar-refractivity contribution >= 4 is 11.9 Å². The Morgan fingerprint density at radius 2 is 1.96 bits per heavy atom. The number of carbonyl (C=O) groups is 1. The number of phenols is 1. The number of fused-ring (bicyclic) bond motifs is 1. The van der Waals surface area contributed by atoms with Crippen LogP contribution in [0.4, 0.5) is 0 Å². The zero-order valence-electron chi connectivity index (χ0n) is 14.2. The molecule has 25 heavy (non-hydrogen) atoms. The van der Waals surface area contributed by atoms with E-state index in [9.17, 15) is 9.90 Å². The van der Waals surface area contributed by atoms with Gasteiger partial charge in [0, 0.05) is 12.6 Å². The number of allylic oxidation sites excluding steroid dienone is 1. The summed E-state index contributed by atoms with van der Waals surface area (Å²) in [4.78, 5) is 14.9. The van der Waals surface area contributed by atoms with Gasteiger partial charge in [0.25, 0.3) is 0 Å². The van der Waals surface area contributed by atoms with Crippen LogP contribution >= 0.6 is 0 Å². The van der Waals surface area contributed by atoms with E-state index in [0.29, 0.717) is 29.2 Å². The number of Topliss-reactive ketones (excluding diaryl/α,β-unsaturated/α-hetero) is 1. The zero-order valence-corrected chi connectivity index (χ0v) is 14.2. The first kappa shape index (κ1) is 16.0. The first-order valence-corrected chi connectivity index (χ1v) is 8.70. The van der Waals surface area contributed by atoms with E-state index in [4.69, 9.17) is 9.15 Å². The monoisotopic (exact) mass is 339 g/mol. The van der Waals surface area contributed by atoms with E-state index < -0.39 is 0 Å². The summed E-state index contributed by atoms with van der Waals surface area (Å²) in [5.74, 6) is 2.06. The molecule has 0 saturated carbocycles. The van der Waals surface area contributed by atoms with E-state index in [1.165, 1.54) is 19.3 Å². The number of rotatable bonds is 3. The second-order valence-electron chi connectivity index (χ2n) is 6.66. The summed E-state index contributed by atoms with van der Waals surface area (Å²) >= 11 is 0. The fourth-order valence-electron chi connectivity index (χ4n) is 3.45. The molecule has 0 atom stereocenters. The van der Waals surface area contributed by atoms with E-state index in [2.05, 4.69) is 4.90 Å². The number of likely N-dealkylation sites (tertiary alicyclic amines) is 1. The number of benzene rings is 1. The quantitative estimate of drug-likeness (QED) is 0.860. The van der Waals surface area contributed by atoms with Crippen LogP contribution in [-0.4, -0.2) is 28.9 Å². The third kappa shape index (κ3) is 3.07. The van der Waals surface area contributed by atoms with Crippen molar-refractivity contribution in [2.24, 2.45) is 0 Å². The molecule has 2 aromatic rings. The van der Waals surface area contributed by atoms with Crippen molar-refractivity contribution in [3.05, 3.63) is 52.7 Å². The van der Waals surface area contributed by atoms with Gasteiger partial charge >= 0.3 is 0 Å². The van der Waals surface area contributed by atoms with Gasteiger partial charge in [-0.25, -0.2) is 0 Å². The van der Waals surface area contributed by atoms with Crippen LogP contribution in [0.15, 0.2) is 34.4 Å². The summed E-state index contributed by atoms with van der Waals surface area (Å²) in [5.41, 5.74) is 1.19. The Balaban J connectivity index is 1.65. The molecule has 130 valence electrons. The molecule has 0 bridgehead atoms. The Morgan fingerprint density at radius 1 is 1.16 bits per heavy atom. The van der Waals surface area contributed by atoms with Gasteiger partial charge in [0.05, 0.1) is 11.1 Å². The van der Waals surface area contributed by atoms with Crippen LogP contribution in [0.25, 0.3) is 6.08 Å². The Labute approximate surface area is 146 Å². The van der Waals surface area contributed by atoms with Gasteiger partial charge in [-0.3, -0.25) is 9.69 Å². The maximum Gasteiger partial charge on any atom is 0.232 e. The molecular formula is C20H21NO4. The normalized spacial score (nSPS) is 19.2. The summed E-state index contributed by atoms with van der Waals surface area (Å²) in [6.07, 6.45) is 5.19. The fourth-order valence-corrected chi connectivity index (χ4v) is 3.45. The Kier molecular flexibility index (Phi) is 4.09. The molecule has 1 saturated heterocycles. The van der Waals surface area contributed by atoms with Crippen molar-refractivity contribution in [2.45, 2.75) is 32.7 Å². The molecule has 5 heteroatoms. The minimum atomic E-state index is -0.177. The van der Waals surface area contributed by atoms with Crippen LogP contribution < -0.4 is 4.74 Å². The number of hydrogen-bond acceptors (Lipinski definition) is 5. The Morgan fingerprint density at radius 3 is 2.68 bits per heavy atom. The van der Waals surface area contributed by atoms with Crippen LogP contribution in [-0.2, 0) is 6.54 Å². The van der Waals surface area contributed by atoms with E-state index >= 15 is 0 Å². The summed E-state index contributed by atoms with van der Waals surface area (Å²) in [6.45, 7) is 4.45. The highest BCUT2D eigenvalue weighted by Gasteiger charge is 2.32. The SMILES string of the molecule is Cc1ccc(/C=C2\Oc3c(ccc(O)c3CN3CCCCC3)C2=O)o1. The number of hydrogen-bond donors (Lipinski definition) is 1. The summed E-state index contributed by atoms with van der Waals surface area (Å²) in [5, 5.41) is 10.3. The number of phenolic OH excluding ortho intramolecular Hbond substituents is 1. The summed E-state index contributed by atoms with van der Waals surface area (Å²) in [6, 6.07) is 6.85. The third-order valence-electron chi connectivity index (χ3n) is 4.78. The Bertz CT molecular complexity index is 843. The lowest BCUT2D eigenvalue weighted by Crippen LogP contribution is -2.29. The van der Waals surface area contributed by atoms with Gasteiger partial charge in [-0.1, -0.05) is 6.42 Å². The smallest absolute Gasteiger partial charge is 0.232 e. The lowest BCUT2D eigenvalue weighted by molar-refractivity contribution is 0.101. The standard InChI is InChI=1S/C20H21NO4/c1-13-5-6-14(24-13)11-18-19(23)15-7-8-17(22)16(20(15)25-18)12-21-9-3-2-4-10-21/h5-8,11,22H,2-4,9-10,12H2,1H3/b18-11-. The Hall–Kier alpha value is -2.53. The average molecular weight is 339 g/mol. The molecule has 2 aliphatic rings. The van der Waals surface area contributed by atoms with Gasteiger partial charge < -0.3 is 14.3 Å². The lowest BCUT2D eigenvalue weighted by Gasteiger charge is -2.27. The predicted molar refractivity (Wildman–Crippen MR) is 93.6 cm³/mol. The topological polar surface area (TPSA) is 62.9 Å². The molecule has 0 amide bonds. The molecule has 4 rings (SSSR count). The highest BCUT2D eigenvalue weighted by molar-refractivity contribution is 6.14. The van der Waals surface area contributed by atoms with Crippen molar-refractivity contribution in [1.29, 1.82) is 0 Å². The van der Waals surface area contributed by atoms with Crippen molar-refractivity contribution in [3.63, 3.8) is 0 Å². The molecule has 3 heterocycles. The van der Waals surface area contributed by atoms with Gasteiger partial charge in [0.2, 0.25) is 5.78 Å². The maximum absolute atomic E-state index is 12.6. The number of aryl methyl sites for hydroxylation is 1. The molecule has 0 radical (unpaired) electrons. The number of ether oxygens (including phenoxy) is 1. The van der Waals surface area contributed by atoms with Crippen LogP contribution in [0.1, 0.15) is 46.7 Å². The largest absolute Gasteiger partial charge is 0.507 e. The predicted octanol–water partition coefficient (Wildman–Crippen LogP) is 3.90. The van der Waals surface area contributed by atoms with E-state index in [0.717, 1.165) is 18.8 Å². The van der Waals surface area contributed by atoms with E-state index in [1.807, 2.05) is 13.0 Å². The number of ketones is 1. The number of piperidine rings is 1. The minimum absolute atomic E-state index is 0.173. The highest BCUT2D eigenvalue weighted by Crippen LogP contribution is 2.40.